The molecule has 120 valence electrons. The Morgan fingerprint density at radius 1 is 1.23 bits per heavy atom. The second kappa shape index (κ2) is 7.80. The van der Waals surface area contributed by atoms with Gasteiger partial charge in [0.2, 0.25) is 5.91 Å². The Labute approximate surface area is 148 Å². The molecule has 0 unspecified atom stereocenters. The van der Waals surface area contributed by atoms with Gasteiger partial charge in [-0.2, -0.15) is 0 Å². The number of halogens is 1. The van der Waals surface area contributed by atoms with Crippen molar-refractivity contribution in [2.75, 3.05) is 26.7 Å². The first-order chi connectivity index (χ1) is 10.2. The van der Waals surface area contributed by atoms with E-state index in [0.29, 0.717) is 6.42 Å². The summed E-state index contributed by atoms with van der Waals surface area (Å²) in [5, 5.41) is 3.40. The first-order valence-corrected chi connectivity index (χ1v) is 7.58. The number of likely N-dealkylation sites (N-methyl/N-ethyl adjacent to an activating group) is 1. The normalized spacial score (nSPS) is 17.5. The largest absolute Gasteiger partial charge is 0.352 e. The van der Waals surface area contributed by atoms with Crippen LogP contribution in [0.15, 0.2) is 29.3 Å². The van der Waals surface area contributed by atoms with E-state index >= 15 is 0 Å². The average molecular weight is 414 g/mol. The Morgan fingerprint density at radius 3 is 2.64 bits per heavy atom. The van der Waals surface area contributed by atoms with E-state index in [0.717, 1.165) is 45.1 Å². The Hall–Kier alpha value is -1.31. The van der Waals surface area contributed by atoms with Crippen molar-refractivity contribution in [3.63, 3.8) is 0 Å². The molecule has 1 aromatic rings. The summed E-state index contributed by atoms with van der Waals surface area (Å²) in [6, 6.07) is 8.33. The highest BCUT2D eigenvalue weighted by Crippen LogP contribution is 2.17. The molecule has 0 bridgehead atoms. The van der Waals surface area contributed by atoms with E-state index < -0.39 is 0 Å². The summed E-state index contributed by atoms with van der Waals surface area (Å²) in [7, 11) is 2.05. The summed E-state index contributed by atoms with van der Waals surface area (Å²) in [4.78, 5) is 20.3. The molecular formula is C16H23IN4O. The lowest BCUT2D eigenvalue weighted by Crippen LogP contribution is -2.35. The van der Waals surface area contributed by atoms with Gasteiger partial charge in [0, 0.05) is 39.6 Å². The van der Waals surface area contributed by atoms with E-state index in [1.54, 1.807) is 0 Å². The topological polar surface area (TPSA) is 47.9 Å². The molecule has 1 fully saturated rings. The van der Waals surface area contributed by atoms with Crippen LogP contribution in [-0.4, -0.2) is 48.3 Å². The predicted octanol–water partition coefficient (Wildman–Crippen LogP) is 1.82. The van der Waals surface area contributed by atoms with E-state index in [2.05, 4.69) is 27.3 Å². The molecule has 2 aliphatic rings. The highest BCUT2D eigenvalue weighted by molar-refractivity contribution is 14.0. The molecule has 2 heterocycles. The van der Waals surface area contributed by atoms with Gasteiger partial charge in [0.05, 0.1) is 6.54 Å². The van der Waals surface area contributed by atoms with Gasteiger partial charge in [-0.05, 0) is 17.5 Å². The fourth-order valence-electron chi connectivity index (χ4n) is 2.86. The number of aliphatic imine (C=N–C) groups is 1. The minimum atomic E-state index is 0. The quantitative estimate of drug-likeness (QED) is 0.765. The molecule has 5 nitrogen and oxygen atoms in total. The number of rotatable bonds is 4. The lowest BCUT2D eigenvalue weighted by molar-refractivity contribution is -0.128. The van der Waals surface area contributed by atoms with E-state index in [9.17, 15) is 4.79 Å². The minimum absolute atomic E-state index is 0. The highest BCUT2D eigenvalue weighted by atomic mass is 127. The Bertz CT molecular complexity index is 561. The van der Waals surface area contributed by atoms with Gasteiger partial charge in [-0.1, -0.05) is 24.3 Å². The molecule has 6 heteroatoms. The third kappa shape index (κ3) is 3.91. The van der Waals surface area contributed by atoms with Gasteiger partial charge in [0.1, 0.15) is 0 Å². The van der Waals surface area contributed by atoms with Gasteiger partial charge < -0.3 is 15.1 Å². The van der Waals surface area contributed by atoms with Gasteiger partial charge in [-0.15, -0.1) is 24.0 Å². The number of amides is 1. The second-order valence-corrected chi connectivity index (χ2v) is 5.67. The SMILES string of the molecule is CN1CCN=C1NCc1ccccc1CN1CCCC1=O.I. The van der Waals surface area contributed by atoms with Crippen molar-refractivity contribution in [2.45, 2.75) is 25.9 Å². The molecule has 0 spiro atoms. The number of benzene rings is 1. The molecule has 1 aromatic carbocycles. The number of guanidine groups is 1. The van der Waals surface area contributed by atoms with E-state index in [1.165, 1.54) is 11.1 Å². The van der Waals surface area contributed by atoms with E-state index in [1.807, 2.05) is 24.1 Å². The third-order valence-electron chi connectivity index (χ3n) is 4.15. The molecule has 3 rings (SSSR count). The zero-order chi connectivity index (χ0) is 14.7. The van der Waals surface area contributed by atoms with Crippen LogP contribution in [0.4, 0.5) is 0 Å². The van der Waals surface area contributed by atoms with Gasteiger partial charge in [-0.3, -0.25) is 9.79 Å². The first kappa shape index (κ1) is 17.1. The molecule has 1 N–H and O–H groups in total. The van der Waals surface area contributed by atoms with E-state index in [-0.39, 0.29) is 29.9 Å². The Balaban J connectivity index is 0.00000176. The molecular weight excluding hydrogens is 391 g/mol. The molecule has 1 saturated heterocycles. The Morgan fingerprint density at radius 2 is 2.00 bits per heavy atom. The maximum atomic E-state index is 11.8. The summed E-state index contributed by atoms with van der Waals surface area (Å²) < 4.78 is 0. The number of likely N-dealkylation sites (tertiary alicyclic amines) is 1. The van der Waals surface area contributed by atoms with Crippen molar-refractivity contribution >= 4 is 35.8 Å². The molecule has 0 aromatic heterocycles. The van der Waals surface area contributed by atoms with Crippen LogP contribution >= 0.6 is 24.0 Å². The van der Waals surface area contributed by atoms with Crippen molar-refractivity contribution in [2.24, 2.45) is 4.99 Å². The monoisotopic (exact) mass is 414 g/mol. The molecule has 0 aliphatic carbocycles. The zero-order valence-electron chi connectivity index (χ0n) is 12.9. The number of hydrogen-bond donors (Lipinski definition) is 1. The number of carbonyl (C=O) groups is 1. The van der Waals surface area contributed by atoms with E-state index in [4.69, 9.17) is 0 Å². The van der Waals surface area contributed by atoms with Crippen LogP contribution in [0.3, 0.4) is 0 Å². The van der Waals surface area contributed by atoms with Crippen molar-refractivity contribution in [1.29, 1.82) is 0 Å². The summed E-state index contributed by atoms with van der Waals surface area (Å²) >= 11 is 0. The van der Waals surface area contributed by atoms with Crippen LogP contribution in [0.1, 0.15) is 24.0 Å². The van der Waals surface area contributed by atoms with Crippen LogP contribution < -0.4 is 5.32 Å². The summed E-state index contributed by atoms with van der Waals surface area (Å²) in [6.07, 6.45) is 1.68. The fraction of sp³-hybridized carbons (Fsp3) is 0.500. The fourth-order valence-corrected chi connectivity index (χ4v) is 2.86. The molecule has 1 amide bonds. The van der Waals surface area contributed by atoms with Gasteiger partial charge in [0.15, 0.2) is 5.96 Å². The van der Waals surface area contributed by atoms with Gasteiger partial charge in [0.25, 0.3) is 0 Å². The lowest BCUT2D eigenvalue weighted by Gasteiger charge is -2.20. The third-order valence-corrected chi connectivity index (χ3v) is 4.15. The number of hydrogen-bond acceptors (Lipinski definition) is 4. The summed E-state index contributed by atoms with van der Waals surface area (Å²) in [5.74, 6) is 1.24. The van der Waals surface area contributed by atoms with Crippen molar-refractivity contribution in [3.05, 3.63) is 35.4 Å². The molecule has 0 radical (unpaired) electrons. The molecule has 0 atom stereocenters. The van der Waals surface area contributed by atoms with Crippen LogP contribution in [0.2, 0.25) is 0 Å². The number of nitrogens with zero attached hydrogens (tertiary/aromatic N) is 3. The second-order valence-electron chi connectivity index (χ2n) is 5.67. The van der Waals surface area contributed by atoms with Crippen molar-refractivity contribution < 1.29 is 4.79 Å². The average Bonchev–Trinajstić information content (AvgIpc) is 3.07. The standard InChI is InChI=1S/C16H22N4O.HI/c1-19-10-8-17-16(19)18-11-13-5-2-3-6-14(13)12-20-9-4-7-15(20)21;/h2-3,5-6H,4,7-12H2,1H3,(H,17,18);1H. The van der Waals surface area contributed by atoms with Gasteiger partial charge in [-0.25, -0.2) is 0 Å². The van der Waals surface area contributed by atoms with Gasteiger partial charge >= 0.3 is 0 Å². The molecule has 2 aliphatic heterocycles. The van der Waals surface area contributed by atoms with Crippen LogP contribution in [0, 0.1) is 0 Å². The smallest absolute Gasteiger partial charge is 0.222 e. The lowest BCUT2D eigenvalue weighted by atomic mass is 10.1. The van der Waals surface area contributed by atoms with Crippen molar-refractivity contribution in [1.82, 2.24) is 15.1 Å². The highest BCUT2D eigenvalue weighted by Gasteiger charge is 2.21. The van der Waals surface area contributed by atoms with Crippen molar-refractivity contribution in [3.8, 4) is 0 Å². The van der Waals surface area contributed by atoms with Crippen LogP contribution in [0.25, 0.3) is 0 Å². The summed E-state index contributed by atoms with van der Waals surface area (Å²) in [5.41, 5.74) is 2.46. The zero-order valence-corrected chi connectivity index (χ0v) is 15.2. The summed E-state index contributed by atoms with van der Waals surface area (Å²) in [6.45, 7) is 4.20. The first-order valence-electron chi connectivity index (χ1n) is 7.58. The number of carbonyl (C=O) groups excluding carboxylic acids is 1. The maximum absolute atomic E-state index is 11.8. The predicted molar refractivity (Wildman–Crippen MR) is 98.3 cm³/mol. The minimum Gasteiger partial charge on any atom is -0.352 e. The van der Waals surface area contributed by atoms with Crippen LogP contribution in [0.5, 0.6) is 0 Å². The number of nitrogens with one attached hydrogen (secondary N) is 1. The van der Waals surface area contributed by atoms with Crippen LogP contribution in [-0.2, 0) is 17.9 Å². The maximum Gasteiger partial charge on any atom is 0.222 e. The molecule has 22 heavy (non-hydrogen) atoms. The molecule has 0 saturated carbocycles. The Kier molecular flexibility index (Phi) is 6.05.